The number of hydrogen-bond acceptors (Lipinski definition) is 3. The van der Waals surface area contributed by atoms with E-state index in [1.54, 1.807) is 24.5 Å². The van der Waals surface area contributed by atoms with E-state index in [0.29, 0.717) is 18.7 Å². The van der Waals surface area contributed by atoms with E-state index in [1.807, 2.05) is 61.5 Å². The predicted octanol–water partition coefficient (Wildman–Crippen LogP) is 3.44. The third kappa shape index (κ3) is 6.17. The van der Waals surface area contributed by atoms with Gasteiger partial charge in [0.15, 0.2) is 0 Å². The summed E-state index contributed by atoms with van der Waals surface area (Å²) in [5.41, 5.74) is 3.72. The lowest BCUT2D eigenvalue weighted by atomic mass is 10.1. The molecule has 6 heteroatoms. The van der Waals surface area contributed by atoms with Crippen LogP contribution in [0.25, 0.3) is 0 Å². The second-order valence-corrected chi connectivity index (χ2v) is 6.72. The van der Waals surface area contributed by atoms with Crippen LogP contribution in [0.2, 0.25) is 0 Å². The van der Waals surface area contributed by atoms with Gasteiger partial charge in [0, 0.05) is 31.0 Å². The third-order valence-corrected chi connectivity index (χ3v) is 4.55. The summed E-state index contributed by atoms with van der Waals surface area (Å²) < 4.78 is 0. The van der Waals surface area contributed by atoms with Crippen LogP contribution in [0.1, 0.15) is 16.7 Å². The van der Waals surface area contributed by atoms with Crippen molar-refractivity contribution in [2.75, 3.05) is 5.32 Å². The number of amides is 3. The lowest BCUT2D eigenvalue weighted by Gasteiger charge is -2.19. The maximum Gasteiger partial charge on any atom is 0.315 e. The van der Waals surface area contributed by atoms with E-state index >= 15 is 0 Å². The quantitative estimate of drug-likeness (QED) is 0.580. The van der Waals surface area contributed by atoms with E-state index < -0.39 is 6.04 Å². The van der Waals surface area contributed by atoms with Crippen LogP contribution in [0.4, 0.5) is 10.5 Å². The molecule has 3 N–H and O–H groups in total. The lowest BCUT2D eigenvalue weighted by molar-refractivity contribution is -0.117. The van der Waals surface area contributed by atoms with Gasteiger partial charge in [-0.15, -0.1) is 0 Å². The number of aromatic nitrogens is 1. The number of pyridine rings is 1. The molecule has 1 aromatic heterocycles. The van der Waals surface area contributed by atoms with E-state index in [4.69, 9.17) is 0 Å². The van der Waals surface area contributed by atoms with Gasteiger partial charge in [-0.25, -0.2) is 4.79 Å². The number of rotatable bonds is 7. The highest BCUT2D eigenvalue weighted by atomic mass is 16.2. The molecular formula is C23H24N4O2. The number of carbonyl (C=O) groups excluding carboxylic acids is 2. The molecule has 2 aromatic carbocycles. The zero-order valence-corrected chi connectivity index (χ0v) is 16.3. The molecule has 148 valence electrons. The Labute approximate surface area is 170 Å². The van der Waals surface area contributed by atoms with Crippen LogP contribution >= 0.6 is 0 Å². The molecule has 0 aliphatic heterocycles. The number of hydrogen-bond donors (Lipinski definition) is 3. The number of carbonyl (C=O) groups is 2. The summed E-state index contributed by atoms with van der Waals surface area (Å²) in [4.78, 5) is 29.2. The van der Waals surface area contributed by atoms with Crippen molar-refractivity contribution in [2.24, 2.45) is 0 Å². The summed E-state index contributed by atoms with van der Waals surface area (Å²) in [6.07, 6.45) is 3.59. The molecule has 1 unspecified atom stereocenters. The van der Waals surface area contributed by atoms with Gasteiger partial charge < -0.3 is 16.0 Å². The van der Waals surface area contributed by atoms with Crippen molar-refractivity contribution in [3.63, 3.8) is 0 Å². The van der Waals surface area contributed by atoms with E-state index in [2.05, 4.69) is 20.9 Å². The smallest absolute Gasteiger partial charge is 0.315 e. The zero-order valence-electron chi connectivity index (χ0n) is 16.3. The Balaban J connectivity index is 1.66. The monoisotopic (exact) mass is 388 g/mol. The fraction of sp³-hybridized carbons (Fsp3) is 0.174. The van der Waals surface area contributed by atoms with Gasteiger partial charge in [0.05, 0.1) is 0 Å². The molecule has 1 heterocycles. The molecule has 0 spiro atoms. The second kappa shape index (κ2) is 10.0. The van der Waals surface area contributed by atoms with Crippen molar-refractivity contribution in [3.8, 4) is 0 Å². The molecule has 0 aliphatic carbocycles. The van der Waals surface area contributed by atoms with Crippen molar-refractivity contribution >= 4 is 17.6 Å². The molecule has 3 rings (SSSR count). The average Bonchev–Trinajstić information content (AvgIpc) is 2.74. The first-order chi connectivity index (χ1) is 14.1. The minimum Gasteiger partial charge on any atom is -0.334 e. The summed E-state index contributed by atoms with van der Waals surface area (Å²) >= 11 is 0. The minimum absolute atomic E-state index is 0.286. The van der Waals surface area contributed by atoms with Gasteiger partial charge in [-0.2, -0.15) is 0 Å². The van der Waals surface area contributed by atoms with Gasteiger partial charge in [-0.3, -0.25) is 9.78 Å². The summed E-state index contributed by atoms with van der Waals surface area (Å²) in [5.74, 6) is -0.286. The Kier molecular flexibility index (Phi) is 6.95. The highest BCUT2D eigenvalue weighted by Crippen LogP contribution is 2.09. The van der Waals surface area contributed by atoms with Crippen molar-refractivity contribution in [1.29, 1.82) is 0 Å². The van der Waals surface area contributed by atoms with Gasteiger partial charge in [0.2, 0.25) is 5.91 Å². The SMILES string of the molecule is Cc1ccccc1CNC(=O)NC(Cc1ccccc1)C(=O)Nc1ccncc1. The van der Waals surface area contributed by atoms with Crippen LogP contribution in [-0.2, 0) is 17.8 Å². The van der Waals surface area contributed by atoms with Crippen LogP contribution in [0.5, 0.6) is 0 Å². The molecule has 0 saturated carbocycles. The number of benzene rings is 2. The number of anilines is 1. The van der Waals surface area contributed by atoms with Crippen molar-refractivity contribution in [2.45, 2.75) is 25.9 Å². The molecule has 0 saturated heterocycles. The second-order valence-electron chi connectivity index (χ2n) is 6.72. The molecule has 0 fully saturated rings. The summed E-state index contributed by atoms with van der Waals surface area (Å²) in [6.45, 7) is 2.39. The summed E-state index contributed by atoms with van der Waals surface area (Å²) in [5, 5.41) is 8.46. The first-order valence-electron chi connectivity index (χ1n) is 9.45. The lowest BCUT2D eigenvalue weighted by Crippen LogP contribution is -2.49. The van der Waals surface area contributed by atoms with Gasteiger partial charge in [-0.05, 0) is 35.7 Å². The van der Waals surface area contributed by atoms with Gasteiger partial charge in [0.25, 0.3) is 0 Å². The van der Waals surface area contributed by atoms with E-state index in [-0.39, 0.29) is 11.9 Å². The number of nitrogens with one attached hydrogen (secondary N) is 3. The number of nitrogens with zero attached hydrogens (tertiary/aromatic N) is 1. The van der Waals surface area contributed by atoms with E-state index in [9.17, 15) is 9.59 Å². The van der Waals surface area contributed by atoms with Crippen LogP contribution in [0.15, 0.2) is 79.1 Å². The van der Waals surface area contributed by atoms with Crippen LogP contribution in [0.3, 0.4) is 0 Å². The van der Waals surface area contributed by atoms with Gasteiger partial charge >= 0.3 is 6.03 Å². The Morgan fingerprint density at radius 1 is 0.931 bits per heavy atom. The maximum atomic E-state index is 12.8. The molecule has 0 aliphatic rings. The fourth-order valence-electron chi connectivity index (χ4n) is 2.92. The highest BCUT2D eigenvalue weighted by molar-refractivity contribution is 5.97. The Hall–Kier alpha value is -3.67. The van der Waals surface area contributed by atoms with Gasteiger partial charge in [0.1, 0.15) is 6.04 Å². The predicted molar refractivity (Wildman–Crippen MR) is 113 cm³/mol. The summed E-state index contributed by atoms with van der Waals surface area (Å²) in [7, 11) is 0. The number of aryl methyl sites for hydroxylation is 1. The molecule has 0 radical (unpaired) electrons. The van der Waals surface area contributed by atoms with Crippen molar-refractivity contribution in [3.05, 3.63) is 95.8 Å². The molecular weight excluding hydrogens is 364 g/mol. The molecule has 1 atom stereocenters. The first kappa shape index (κ1) is 20.1. The topological polar surface area (TPSA) is 83.1 Å². The third-order valence-electron chi connectivity index (χ3n) is 4.55. The fourth-order valence-corrected chi connectivity index (χ4v) is 2.92. The highest BCUT2D eigenvalue weighted by Gasteiger charge is 2.21. The molecule has 0 bridgehead atoms. The average molecular weight is 388 g/mol. The largest absolute Gasteiger partial charge is 0.334 e. The first-order valence-corrected chi connectivity index (χ1v) is 9.45. The summed E-state index contributed by atoms with van der Waals surface area (Å²) in [6, 6.07) is 19.7. The molecule has 3 aromatic rings. The molecule has 6 nitrogen and oxygen atoms in total. The minimum atomic E-state index is -0.720. The van der Waals surface area contributed by atoms with E-state index in [0.717, 1.165) is 16.7 Å². The number of urea groups is 1. The van der Waals surface area contributed by atoms with Crippen LogP contribution in [-0.4, -0.2) is 23.0 Å². The molecule has 3 amide bonds. The zero-order chi connectivity index (χ0) is 20.5. The standard InChI is InChI=1S/C23H24N4O2/c1-17-7-5-6-10-19(17)16-25-23(29)27-21(15-18-8-3-2-4-9-18)22(28)26-20-11-13-24-14-12-20/h2-14,21H,15-16H2,1H3,(H,24,26,28)(H2,25,27,29). The van der Waals surface area contributed by atoms with Crippen LogP contribution in [0, 0.1) is 6.92 Å². The molecule has 29 heavy (non-hydrogen) atoms. The van der Waals surface area contributed by atoms with Gasteiger partial charge in [-0.1, -0.05) is 54.6 Å². The van der Waals surface area contributed by atoms with E-state index in [1.165, 1.54) is 0 Å². The Morgan fingerprint density at radius 3 is 2.34 bits per heavy atom. The van der Waals surface area contributed by atoms with Crippen molar-refractivity contribution < 1.29 is 9.59 Å². The van der Waals surface area contributed by atoms with Crippen LogP contribution < -0.4 is 16.0 Å². The maximum absolute atomic E-state index is 12.8. The Bertz CT molecular complexity index is 945. The van der Waals surface area contributed by atoms with Crippen molar-refractivity contribution in [1.82, 2.24) is 15.6 Å². The normalized spacial score (nSPS) is 11.3. The Morgan fingerprint density at radius 2 is 1.62 bits per heavy atom.